The monoisotopic (exact) mass is 474 g/mol. The highest BCUT2D eigenvalue weighted by Crippen LogP contribution is 2.35. The summed E-state index contributed by atoms with van der Waals surface area (Å²) in [7, 11) is 0. The number of urea groups is 1. The fourth-order valence-electron chi connectivity index (χ4n) is 3.48. The minimum absolute atomic E-state index is 0.208. The second-order valence-electron chi connectivity index (χ2n) is 7.17. The summed E-state index contributed by atoms with van der Waals surface area (Å²) in [4.78, 5) is 39.6. The first-order valence-electron chi connectivity index (χ1n) is 9.92. The molecular formula is C25H15ClN2O4S. The highest BCUT2D eigenvalue weighted by molar-refractivity contribution is 7.99. The van der Waals surface area contributed by atoms with Gasteiger partial charge in [0, 0.05) is 9.92 Å². The van der Waals surface area contributed by atoms with Crippen molar-refractivity contribution >= 4 is 63.7 Å². The molecule has 5 rings (SSSR count). The van der Waals surface area contributed by atoms with Crippen LogP contribution in [0.5, 0.6) is 0 Å². The summed E-state index contributed by atoms with van der Waals surface area (Å²) in [6.07, 6.45) is 1.33. The summed E-state index contributed by atoms with van der Waals surface area (Å²) in [5, 5.41) is 5.47. The maximum absolute atomic E-state index is 13.0. The summed E-state index contributed by atoms with van der Waals surface area (Å²) in [5.74, 6) is -1.21. The lowest BCUT2D eigenvalue weighted by Gasteiger charge is -2.26. The van der Waals surface area contributed by atoms with Gasteiger partial charge in [0.15, 0.2) is 5.09 Å². The van der Waals surface area contributed by atoms with Crippen molar-refractivity contribution < 1.29 is 18.8 Å². The molecule has 8 heteroatoms. The SMILES string of the molecule is O=C1NC(=O)N(c2ccc(Cl)cc2)C(=O)C1=Cc1ccc(Sc2cccc3ccccc23)o1. The second-order valence-corrected chi connectivity index (χ2v) is 8.65. The molecule has 0 saturated carbocycles. The van der Waals surface area contributed by atoms with Gasteiger partial charge in [-0.05, 0) is 59.3 Å². The molecule has 4 aromatic rings. The Hall–Kier alpha value is -3.81. The third kappa shape index (κ3) is 4.16. The number of amides is 4. The van der Waals surface area contributed by atoms with Crippen LogP contribution in [0.2, 0.25) is 5.02 Å². The van der Waals surface area contributed by atoms with Gasteiger partial charge in [-0.3, -0.25) is 14.9 Å². The van der Waals surface area contributed by atoms with Crippen LogP contribution in [0.25, 0.3) is 16.8 Å². The molecule has 0 radical (unpaired) electrons. The Balaban J connectivity index is 1.43. The number of hydrogen-bond acceptors (Lipinski definition) is 5. The van der Waals surface area contributed by atoms with Crippen molar-refractivity contribution in [2.75, 3.05) is 4.90 Å². The van der Waals surface area contributed by atoms with Crippen LogP contribution in [0.4, 0.5) is 10.5 Å². The molecule has 0 spiro atoms. The number of fused-ring (bicyclic) bond motifs is 1. The van der Waals surface area contributed by atoms with Crippen LogP contribution in [-0.4, -0.2) is 17.8 Å². The van der Waals surface area contributed by atoms with E-state index in [1.807, 2.05) is 42.5 Å². The van der Waals surface area contributed by atoms with Crippen molar-refractivity contribution in [1.82, 2.24) is 5.32 Å². The van der Waals surface area contributed by atoms with Crippen LogP contribution in [0.15, 0.2) is 98.8 Å². The van der Waals surface area contributed by atoms with E-state index in [1.165, 1.54) is 30.0 Å². The number of barbiturate groups is 1. The molecule has 1 N–H and O–H groups in total. The van der Waals surface area contributed by atoms with Crippen LogP contribution in [0.3, 0.4) is 0 Å². The Morgan fingerprint density at radius 2 is 1.64 bits per heavy atom. The fraction of sp³-hybridized carbons (Fsp3) is 0. The number of carbonyl (C=O) groups excluding carboxylic acids is 3. The van der Waals surface area contributed by atoms with Gasteiger partial charge in [-0.2, -0.15) is 0 Å². The lowest BCUT2D eigenvalue weighted by Crippen LogP contribution is -2.54. The summed E-state index contributed by atoms with van der Waals surface area (Å²) in [6.45, 7) is 0. The Morgan fingerprint density at radius 3 is 2.45 bits per heavy atom. The molecule has 4 amide bonds. The number of carbonyl (C=O) groups is 3. The van der Waals surface area contributed by atoms with Crippen molar-refractivity contribution in [3.8, 4) is 0 Å². The number of rotatable bonds is 4. The average Bonchev–Trinajstić information content (AvgIpc) is 3.25. The predicted molar refractivity (Wildman–Crippen MR) is 127 cm³/mol. The molecule has 33 heavy (non-hydrogen) atoms. The molecular weight excluding hydrogens is 460 g/mol. The minimum Gasteiger partial charge on any atom is -0.450 e. The summed E-state index contributed by atoms with van der Waals surface area (Å²) in [5.41, 5.74) is 0.0903. The van der Waals surface area contributed by atoms with E-state index in [-0.39, 0.29) is 5.57 Å². The van der Waals surface area contributed by atoms with E-state index in [1.54, 1.807) is 24.3 Å². The van der Waals surface area contributed by atoms with Crippen LogP contribution < -0.4 is 10.2 Å². The maximum atomic E-state index is 13.0. The number of benzene rings is 3. The third-order valence-corrected chi connectivity index (χ3v) is 6.28. The molecule has 0 atom stereocenters. The van der Waals surface area contributed by atoms with Gasteiger partial charge in [0.25, 0.3) is 11.8 Å². The highest BCUT2D eigenvalue weighted by atomic mass is 35.5. The van der Waals surface area contributed by atoms with E-state index in [9.17, 15) is 14.4 Å². The molecule has 162 valence electrons. The Kier molecular flexibility index (Phi) is 5.50. The number of furan rings is 1. The number of halogens is 1. The van der Waals surface area contributed by atoms with E-state index in [2.05, 4.69) is 5.32 Å². The third-order valence-electron chi connectivity index (χ3n) is 5.04. The molecule has 6 nitrogen and oxygen atoms in total. The number of anilines is 1. The van der Waals surface area contributed by atoms with E-state index in [0.29, 0.717) is 21.6 Å². The van der Waals surface area contributed by atoms with Gasteiger partial charge in [-0.25, -0.2) is 9.69 Å². The van der Waals surface area contributed by atoms with E-state index in [4.69, 9.17) is 16.0 Å². The lowest BCUT2D eigenvalue weighted by atomic mass is 10.1. The zero-order valence-electron chi connectivity index (χ0n) is 16.9. The fourth-order valence-corrected chi connectivity index (χ4v) is 4.54. The molecule has 0 unspecified atom stereocenters. The maximum Gasteiger partial charge on any atom is 0.335 e. The van der Waals surface area contributed by atoms with Crippen LogP contribution >= 0.6 is 23.4 Å². The second kappa shape index (κ2) is 8.61. The van der Waals surface area contributed by atoms with Gasteiger partial charge in [-0.1, -0.05) is 59.8 Å². The van der Waals surface area contributed by atoms with Crippen molar-refractivity contribution in [3.05, 3.63) is 95.2 Å². The molecule has 1 aliphatic heterocycles. The van der Waals surface area contributed by atoms with Crippen LogP contribution in [0.1, 0.15) is 5.76 Å². The zero-order valence-corrected chi connectivity index (χ0v) is 18.5. The number of hydrogen-bond donors (Lipinski definition) is 1. The average molecular weight is 475 g/mol. The summed E-state index contributed by atoms with van der Waals surface area (Å²) in [6, 6.07) is 22.8. The summed E-state index contributed by atoms with van der Waals surface area (Å²) < 4.78 is 5.85. The molecule has 1 aromatic heterocycles. The van der Waals surface area contributed by atoms with Crippen molar-refractivity contribution in [2.24, 2.45) is 0 Å². The predicted octanol–water partition coefficient (Wildman–Crippen LogP) is 5.90. The van der Waals surface area contributed by atoms with Crippen molar-refractivity contribution in [1.29, 1.82) is 0 Å². The van der Waals surface area contributed by atoms with Gasteiger partial charge in [-0.15, -0.1) is 0 Å². The molecule has 1 saturated heterocycles. The molecule has 1 aliphatic rings. The van der Waals surface area contributed by atoms with E-state index < -0.39 is 17.8 Å². The Morgan fingerprint density at radius 1 is 0.879 bits per heavy atom. The molecule has 0 aliphatic carbocycles. The van der Waals surface area contributed by atoms with Crippen molar-refractivity contribution in [2.45, 2.75) is 9.99 Å². The van der Waals surface area contributed by atoms with Gasteiger partial charge in [0.1, 0.15) is 11.3 Å². The van der Waals surface area contributed by atoms with Gasteiger partial charge >= 0.3 is 6.03 Å². The van der Waals surface area contributed by atoms with Gasteiger partial charge < -0.3 is 4.42 Å². The largest absolute Gasteiger partial charge is 0.450 e. The normalized spacial score (nSPS) is 15.4. The quantitative estimate of drug-likeness (QED) is 0.294. The Bertz CT molecular complexity index is 1440. The first-order valence-corrected chi connectivity index (χ1v) is 11.1. The van der Waals surface area contributed by atoms with E-state index >= 15 is 0 Å². The highest BCUT2D eigenvalue weighted by Gasteiger charge is 2.37. The number of nitrogens with zero attached hydrogens (tertiary/aromatic N) is 1. The van der Waals surface area contributed by atoms with Crippen LogP contribution in [-0.2, 0) is 9.59 Å². The first-order chi connectivity index (χ1) is 16.0. The smallest absolute Gasteiger partial charge is 0.335 e. The minimum atomic E-state index is -0.823. The Labute approximate surface area is 197 Å². The van der Waals surface area contributed by atoms with E-state index in [0.717, 1.165) is 20.6 Å². The molecule has 3 aromatic carbocycles. The summed E-state index contributed by atoms with van der Waals surface area (Å²) >= 11 is 7.33. The lowest BCUT2D eigenvalue weighted by molar-refractivity contribution is -0.122. The topological polar surface area (TPSA) is 79.6 Å². The molecule has 0 bridgehead atoms. The van der Waals surface area contributed by atoms with Gasteiger partial charge in [0.05, 0.1) is 5.69 Å². The van der Waals surface area contributed by atoms with Gasteiger partial charge in [0.2, 0.25) is 0 Å². The zero-order chi connectivity index (χ0) is 22.9. The first kappa shape index (κ1) is 21.1. The molecule has 2 heterocycles. The standard InChI is InChI=1S/C25H15ClN2O4S/c26-16-8-10-17(11-9-16)28-24(30)20(23(29)27-25(28)31)14-18-12-13-22(32-18)33-21-7-3-5-15-4-1-2-6-19(15)21/h1-14H,(H,27,29,31). The van der Waals surface area contributed by atoms with Crippen molar-refractivity contribution in [3.63, 3.8) is 0 Å². The number of nitrogens with one attached hydrogen (secondary N) is 1. The van der Waals surface area contributed by atoms with Crippen LogP contribution in [0, 0.1) is 0 Å². The number of imide groups is 2. The molecule has 1 fully saturated rings.